The molecular formula is C24H17F3N4O3S. The molecule has 0 aliphatic carbocycles. The molecule has 4 rings (SSSR count). The topological polar surface area (TPSA) is 95.4 Å². The molecule has 0 bridgehead atoms. The molecule has 2 N–H and O–H groups in total. The number of carbonyl (C=O) groups is 2. The van der Waals surface area contributed by atoms with Gasteiger partial charge < -0.3 is 10.4 Å². The third-order valence-corrected chi connectivity index (χ3v) is 5.57. The van der Waals surface area contributed by atoms with Crippen LogP contribution in [-0.2, 0) is 12.7 Å². The predicted molar refractivity (Wildman–Crippen MR) is 128 cm³/mol. The first-order valence-corrected chi connectivity index (χ1v) is 10.6. The first kappa shape index (κ1) is 24.0. The third kappa shape index (κ3) is 5.19. The number of halogens is 3. The highest BCUT2D eigenvalue weighted by Crippen LogP contribution is 2.30. The summed E-state index contributed by atoms with van der Waals surface area (Å²) < 4.78 is 39.4. The SMILES string of the molecule is O=C(O)c1cccc2c(NCc3cccc(N(S)C(=O)c4ccc(C(F)(F)F)cc4)c3)ncnc12. The average Bonchev–Trinajstić information content (AvgIpc) is 2.85. The number of carboxylic acids is 1. The molecule has 11 heteroatoms. The maximum atomic E-state index is 12.8. The Balaban J connectivity index is 1.51. The normalized spacial score (nSPS) is 11.3. The largest absolute Gasteiger partial charge is 0.478 e. The zero-order valence-corrected chi connectivity index (χ0v) is 18.7. The quantitative estimate of drug-likeness (QED) is 0.306. The number of aromatic carboxylic acids is 1. The van der Waals surface area contributed by atoms with Crippen LogP contribution in [0.4, 0.5) is 24.7 Å². The van der Waals surface area contributed by atoms with E-state index in [1.54, 1.807) is 36.4 Å². The molecule has 35 heavy (non-hydrogen) atoms. The van der Waals surface area contributed by atoms with E-state index in [2.05, 4.69) is 28.1 Å². The second-order valence-electron chi connectivity index (χ2n) is 7.44. The number of para-hydroxylation sites is 1. The predicted octanol–water partition coefficient (Wildman–Crippen LogP) is 5.45. The van der Waals surface area contributed by atoms with E-state index in [1.807, 2.05) is 0 Å². The number of anilines is 2. The lowest BCUT2D eigenvalue weighted by molar-refractivity contribution is -0.137. The number of hydrogen-bond acceptors (Lipinski definition) is 6. The molecular weight excluding hydrogens is 481 g/mol. The van der Waals surface area contributed by atoms with E-state index in [1.165, 1.54) is 12.4 Å². The van der Waals surface area contributed by atoms with E-state index in [-0.39, 0.29) is 17.7 Å². The van der Waals surface area contributed by atoms with Crippen molar-refractivity contribution < 1.29 is 27.9 Å². The Morgan fingerprint density at radius 1 is 1.00 bits per heavy atom. The Hall–Kier alpha value is -4.12. The van der Waals surface area contributed by atoms with Crippen molar-refractivity contribution in [3.05, 3.63) is 95.3 Å². The van der Waals surface area contributed by atoms with E-state index in [0.717, 1.165) is 34.1 Å². The number of aromatic nitrogens is 2. The molecule has 0 atom stereocenters. The molecule has 1 amide bonds. The minimum absolute atomic E-state index is 0.0539. The number of benzene rings is 3. The summed E-state index contributed by atoms with van der Waals surface area (Å²) in [6, 6.07) is 15.5. The third-order valence-electron chi connectivity index (χ3n) is 5.16. The summed E-state index contributed by atoms with van der Waals surface area (Å²) in [4.78, 5) is 32.4. The summed E-state index contributed by atoms with van der Waals surface area (Å²) in [5, 5.41) is 13.0. The number of carboxylic acid groups (broad SMARTS) is 1. The average molecular weight is 498 g/mol. The van der Waals surface area contributed by atoms with Gasteiger partial charge in [-0.1, -0.05) is 31.0 Å². The summed E-state index contributed by atoms with van der Waals surface area (Å²) in [5.41, 5.74) is 0.734. The minimum Gasteiger partial charge on any atom is -0.478 e. The van der Waals surface area contributed by atoms with E-state index in [0.29, 0.717) is 22.4 Å². The zero-order chi connectivity index (χ0) is 25.2. The van der Waals surface area contributed by atoms with Gasteiger partial charge in [0.05, 0.1) is 22.3 Å². The summed E-state index contributed by atoms with van der Waals surface area (Å²) in [6.45, 7) is 0.285. The molecule has 0 aliphatic rings. The molecule has 0 unspecified atom stereocenters. The highest BCUT2D eigenvalue weighted by molar-refractivity contribution is 7.82. The van der Waals surface area contributed by atoms with Gasteiger partial charge in [-0.2, -0.15) is 13.2 Å². The van der Waals surface area contributed by atoms with Crippen LogP contribution in [0.2, 0.25) is 0 Å². The lowest BCUT2D eigenvalue weighted by Gasteiger charge is -2.17. The van der Waals surface area contributed by atoms with Crippen LogP contribution in [-0.4, -0.2) is 27.0 Å². The smallest absolute Gasteiger partial charge is 0.416 e. The van der Waals surface area contributed by atoms with Gasteiger partial charge in [-0.15, -0.1) is 0 Å². The summed E-state index contributed by atoms with van der Waals surface area (Å²) in [6.07, 6.45) is -3.22. The number of fused-ring (bicyclic) bond motifs is 1. The van der Waals surface area contributed by atoms with Gasteiger partial charge in [0.15, 0.2) is 0 Å². The maximum Gasteiger partial charge on any atom is 0.416 e. The van der Waals surface area contributed by atoms with Gasteiger partial charge >= 0.3 is 12.1 Å². The highest BCUT2D eigenvalue weighted by atomic mass is 32.1. The van der Waals surface area contributed by atoms with Gasteiger partial charge in [-0.3, -0.25) is 9.10 Å². The van der Waals surface area contributed by atoms with Crippen molar-refractivity contribution in [2.75, 3.05) is 9.62 Å². The fourth-order valence-corrected chi connectivity index (χ4v) is 3.67. The number of nitrogens with one attached hydrogen (secondary N) is 1. The molecule has 0 fully saturated rings. The summed E-state index contributed by atoms with van der Waals surface area (Å²) in [5.74, 6) is -1.25. The van der Waals surface area contributed by atoms with Crippen LogP contribution in [0.15, 0.2) is 73.1 Å². The summed E-state index contributed by atoms with van der Waals surface area (Å²) in [7, 11) is 0. The van der Waals surface area contributed by atoms with Gasteiger partial charge in [0.25, 0.3) is 5.91 Å². The Kier molecular flexibility index (Phi) is 6.61. The lowest BCUT2D eigenvalue weighted by atomic mass is 10.1. The first-order valence-electron chi connectivity index (χ1n) is 10.2. The Morgan fingerprint density at radius 3 is 2.40 bits per heavy atom. The van der Waals surface area contributed by atoms with E-state index < -0.39 is 23.6 Å². The molecule has 1 aromatic heterocycles. The molecule has 7 nitrogen and oxygen atoms in total. The number of nitrogens with zero attached hydrogens (tertiary/aromatic N) is 3. The number of alkyl halides is 3. The van der Waals surface area contributed by atoms with Gasteiger partial charge in [0, 0.05) is 17.5 Å². The van der Waals surface area contributed by atoms with Crippen molar-refractivity contribution >= 4 is 47.1 Å². The lowest BCUT2D eigenvalue weighted by Crippen LogP contribution is -2.21. The number of amides is 1. The van der Waals surface area contributed by atoms with Gasteiger partial charge in [-0.25, -0.2) is 14.8 Å². The molecule has 3 aromatic carbocycles. The fourth-order valence-electron chi connectivity index (χ4n) is 3.43. The van der Waals surface area contributed by atoms with Crippen molar-refractivity contribution in [3.8, 4) is 0 Å². The van der Waals surface area contributed by atoms with E-state index in [9.17, 15) is 27.9 Å². The van der Waals surface area contributed by atoms with Crippen LogP contribution >= 0.6 is 12.8 Å². The molecule has 178 valence electrons. The number of carbonyl (C=O) groups excluding carboxylic acids is 1. The monoisotopic (exact) mass is 498 g/mol. The molecule has 0 saturated heterocycles. The van der Waals surface area contributed by atoms with Crippen molar-refractivity contribution in [2.45, 2.75) is 12.7 Å². The minimum atomic E-state index is -4.49. The number of rotatable bonds is 6. The van der Waals surface area contributed by atoms with E-state index >= 15 is 0 Å². The molecule has 0 aliphatic heterocycles. The molecule has 0 spiro atoms. The number of hydrogen-bond donors (Lipinski definition) is 3. The Bertz CT molecular complexity index is 1410. The van der Waals surface area contributed by atoms with Gasteiger partial charge in [0.1, 0.15) is 12.1 Å². The Morgan fingerprint density at radius 2 is 1.71 bits per heavy atom. The molecule has 4 aromatic rings. The van der Waals surface area contributed by atoms with Crippen LogP contribution in [0.25, 0.3) is 10.9 Å². The second kappa shape index (κ2) is 9.63. The maximum absolute atomic E-state index is 12.8. The molecule has 0 saturated carbocycles. The molecule has 1 heterocycles. The van der Waals surface area contributed by atoms with Gasteiger partial charge in [0.2, 0.25) is 0 Å². The van der Waals surface area contributed by atoms with Crippen LogP contribution in [0.3, 0.4) is 0 Å². The van der Waals surface area contributed by atoms with E-state index in [4.69, 9.17) is 0 Å². The van der Waals surface area contributed by atoms with Crippen molar-refractivity contribution in [1.82, 2.24) is 9.97 Å². The first-order chi connectivity index (χ1) is 16.6. The van der Waals surface area contributed by atoms with Crippen molar-refractivity contribution in [3.63, 3.8) is 0 Å². The standard InChI is InChI=1S/C24H17F3N4O3S/c25-24(26,27)16-9-7-15(8-10-16)22(32)31(35)17-4-1-3-14(11-17)12-28-21-18-5-2-6-19(23(33)34)20(18)29-13-30-21/h1-11,13,35H,12H2,(H,33,34)(H,28,29,30). The van der Waals surface area contributed by atoms with Crippen molar-refractivity contribution in [2.24, 2.45) is 0 Å². The van der Waals surface area contributed by atoms with Gasteiger partial charge in [-0.05, 0) is 54.1 Å². The van der Waals surface area contributed by atoms with Crippen LogP contribution < -0.4 is 9.62 Å². The number of thiol groups is 1. The fraction of sp³-hybridized carbons (Fsp3) is 0.0833. The van der Waals surface area contributed by atoms with Crippen molar-refractivity contribution in [1.29, 1.82) is 0 Å². The Labute approximate surface area is 202 Å². The highest BCUT2D eigenvalue weighted by Gasteiger charge is 2.30. The van der Waals surface area contributed by atoms with Crippen LogP contribution in [0.5, 0.6) is 0 Å². The zero-order valence-electron chi connectivity index (χ0n) is 17.8. The van der Waals surface area contributed by atoms with Crippen LogP contribution in [0, 0.1) is 0 Å². The summed E-state index contributed by atoms with van der Waals surface area (Å²) >= 11 is 4.24. The second-order valence-corrected chi connectivity index (χ2v) is 7.84. The molecule has 0 radical (unpaired) electrons. The van der Waals surface area contributed by atoms with Crippen LogP contribution in [0.1, 0.15) is 31.8 Å².